The van der Waals surface area contributed by atoms with Gasteiger partial charge in [-0.05, 0) is 50.1 Å². The van der Waals surface area contributed by atoms with E-state index in [9.17, 15) is 4.79 Å². The smallest absolute Gasteiger partial charge is 0.230 e. The second-order valence-corrected chi connectivity index (χ2v) is 8.18. The molecule has 146 valence electrons. The zero-order valence-electron chi connectivity index (χ0n) is 15.7. The predicted octanol–water partition coefficient (Wildman–Crippen LogP) is 5.16. The van der Waals surface area contributed by atoms with Gasteiger partial charge < -0.3 is 5.32 Å². The predicted molar refractivity (Wildman–Crippen MR) is 115 cm³/mol. The van der Waals surface area contributed by atoms with Gasteiger partial charge in [-0.1, -0.05) is 59.2 Å². The minimum absolute atomic E-state index is 0.111. The topological polar surface area (TPSA) is 59.8 Å². The zero-order valence-corrected chi connectivity index (χ0v) is 18.1. The molecular weight excluding hydrogens is 415 g/mol. The molecule has 1 N–H and O–H groups in total. The molecule has 1 heterocycles. The van der Waals surface area contributed by atoms with E-state index in [1.54, 1.807) is 12.1 Å². The molecule has 0 saturated carbocycles. The van der Waals surface area contributed by atoms with E-state index in [-0.39, 0.29) is 17.7 Å². The highest BCUT2D eigenvalue weighted by Gasteiger charge is 2.17. The number of benzene rings is 2. The molecule has 3 rings (SSSR count). The van der Waals surface area contributed by atoms with Crippen LogP contribution in [0.5, 0.6) is 0 Å². The number of amides is 1. The first-order valence-electron chi connectivity index (χ1n) is 8.72. The number of hydrogen-bond donors (Lipinski definition) is 1. The van der Waals surface area contributed by atoms with Crippen LogP contribution >= 0.6 is 35.0 Å². The number of aromatic nitrogens is 3. The van der Waals surface area contributed by atoms with Crippen LogP contribution in [0.15, 0.2) is 47.6 Å². The maximum Gasteiger partial charge on any atom is 0.230 e. The second-order valence-electron chi connectivity index (χ2n) is 6.40. The van der Waals surface area contributed by atoms with Crippen molar-refractivity contribution in [3.05, 3.63) is 69.5 Å². The van der Waals surface area contributed by atoms with Crippen LogP contribution in [0.25, 0.3) is 5.69 Å². The van der Waals surface area contributed by atoms with E-state index in [4.69, 9.17) is 23.2 Å². The van der Waals surface area contributed by atoms with E-state index < -0.39 is 0 Å². The van der Waals surface area contributed by atoms with E-state index in [0.717, 1.165) is 22.6 Å². The fourth-order valence-corrected chi connectivity index (χ4v) is 4.25. The minimum Gasteiger partial charge on any atom is -0.349 e. The Morgan fingerprint density at radius 3 is 2.64 bits per heavy atom. The number of thioether (sulfide) groups is 1. The molecule has 0 spiro atoms. The minimum atomic E-state index is -0.228. The normalized spacial score (nSPS) is 12.0. The number of hydrogen-bond acceptors (Lipinski definition) is 4. The monoisotopic (exact) mass is 434 g/mol. The number of halogens is 2. The quantitative estimate of drug-likeness (QED) is 0.544. The molecule has 0 bridgehead atoms. The first kappa shape index (κ1) is 20.7. The van der Waals surface area contributed by atoms with Gasteiger partial charge >= 0.3 is 0 Å². The molecule has 0 fully saturated rings. The third-order valence-corrected chi connectivity index (χ3v) is 5.78. The van der Waals surface area contributed by atoms with E-state index in [2.05, 4.69) is 15.5 Å². The van der Waals surface area contributed by atoms with E-state index in [1.165, 1.54) is 11.8 Å². The van der Waals surface area contributed by atoms with Gasteiger partial charge in [-0.25, -0.2) is 0 Å². The number of carbonyl (C=O) groups excluding carboxylic acids is 1. The summed E-state index contributed by atoms with van der Waals surface area (Å²) in [5.41, 5.74) is 2.94. The Hall–Kier alpha value is -2.02. The standard InChI is InChI=1S/C20H20Cl2N4OS/c1-12-6-4-5-7-18(12)26-14(3)24-25-20(26)28-11-19(27)23-13(2)16-9-8-15(21)10-17(16)22/h4-10,13H,11H2,1-3H3,(H,23,27). The average molecular weight is 435 g/mol. The van der Waals surface area contributed by atoms with Gasteiger partial charge in [0.05, 0.1) is 17.5 Å². The van der Waals surface area contributed by atoms with Gasteiger partial charge in [0.1, 0.15) is 5.82 Å². The number of para-hydroxylation sites is 1. The first-order valence-corrected chi connectivity index (χ1v) is 10.5. The molecule has 3 aromatic rings. The molecule has 0 aliphatic heterocycles. The van der Waals surface area contributed by atoms with Gasteiger partial charge in [-0.3, -0.25) is 9.36 Å². The van der Waals surface area contributed by atoms with Gasteiger partial charge in [0, 0.05) is 10.0 Å². The van der Waals surface area contributed by atoms with E-state index in [1.807, 2.05) is 55.7 Å². The summed E-state index contributed by atoms with van der Waals surface area (Å²) in [6.07, 6.45) is 0. The van der Waals surface area contributed by atoms with Crippen LogP contribution in [0.2, 0.25) is 10.0 Å². The third kappa shape index (κ3) is 4.69. The van der Waals surface area contributed by atoms with Crippen molar-refractivity contribution in [3.8, 4) is 5.69 Å². The maximum absolute atomic E-state index is 12.4. The number of nitrogens with one attached hydrogen (secondary N) is 1. The molecule has 1 unspecified atom stereocenters. The Bertz CT molecular complexity index is 1010. The summed E-state index contributed by atoms with van der Waals surface area (Å²) >= 11 is 13.5. The number of nitrogens with zero attached hydrogens (tertiary/aromatic N) is 3. The molecule has 0 saturated heterocycles. The van der Waals surface area contributed by atoms with E-state index in [0.29, 0.717) is 15.2 Å². The molecule has 1 atom stereocenters. The Morgan fingerprint density at radius 1 is 1.18 bits per heavy atom. The maximum atomic E-state index is 12.4. The number of rotatable bonds is 6. The summed E-state index contributed by atoms with van der Waals surface area (Å²) in [5, 5.41) is 13.1. The average Bonchev–Trinajstić information content (AvgIpc) is 3.00. The van der Waals surface area contributed by atoms with Crippen LogP contribution in [0.4, 0.5) is 0 Å². The van der Waals surface area contributed by atoms with Gasteiger partial charge in [-0.15, -0.1) is 10.2 Å². The van der Waals surface area contributed by atoms with E-state index >= 15 is 0 Å². The van der Waals surface area contributed by atoms with Crippen LogP contribution in [0.3, 0.4) is 0 Å². The van der Waals surface area contributed by atoms with Gasteiger partial charge in [0.15, 0.2) is 5.16 Å². The van der Waals surface area contributed by atoms with Crippen molar-refractivity contribution in [2.75, 3.05) is 5.75 Å². The van der Waals surface area contributed by atoms with Crippen LogP contribution in [0.1, 0.15) is 29.9 Å². The zero-order chi connectivity index (χ0) is 20.3. The van der Waals surface area contributed by atoms with Gasteiger partial charge in [-0.2, -0.15) is 0 Å². The highest BCUT2D eigenvalue weighted by atomic mass is 35.5. The molecule has 0 radical (unpaired) electrons. The molecular formula is C20H20Cl2N4OS. The lowest BCUT2D eigenvalue weighted by atomic mass is 10.1. The summed E-state index contributed by atoms with van der Waals surface area (Å²) in [6, 6.07) is 13.0. The SMILES string of the molecule is Cc1ccccc1-n1c(C)nnc1SCC(=O)NC(C)c1ccc(Cl)cc1Cl. The van der Waals surface area contributed by atoms with Crippen molar-refractivity contribution in [1.29, 1.82) is 0 Å². The largest absolute Gasteiger partial charge is 0.349 e. The van der Waals surface area contributed by atoms with Crippen molar-refractivity contribution in [3.63, 3.8) is 0 Å². The Balaban J connectivity index is 1.68. The molecule has 5 nitrogen and oxygen atoms in total. The fourth-order valence-electron chi connectivity index (χ4n) is 2.87. The van der Waals surface area contributed by atoms with Crippen molar-refractivity contribution in [2.24, 2.45) is 0 Å². The third-order valence-electron chi connectivity index (χ3n) is 4.29. The van der Waals surface area contributed by atoms with Crippen LogP contribution in [0, 0.1) is 13.8 Å². The first-order chi connectivity index (χ1) is 13.4. The highest BCUT2D eigenvalue weighted by molar-refractivity contribution is 7.99. The Kier molecular flexibility index (Phi) is 6.65. The molecule has 2 aromatic carbocycles. The summed E-state index contributed by atoms with van der Waals surface area (Å²) in [7, 11) is 0. The lowest BCUT2D eigenvalue weighted by Gasteiger charge is -2.16. The van der Waals surface area contributed by atoms with Crippen LogP contribution in [-0.2, 0) is 4.79 Å². The Morgan fingerprint density at radius 2 is 1.93 bits per heavy atom. The molecule has 8 heteroatoms. The van der Waals surface area contributed by atoms with Crippen molar-refractivity contribution in [1.82, 2.24) is 20.1 Å². The van der Waals surface area contributed by atoms with Crippen molar-refractivity contribution < 1.29 is 4.79 Å². The summed E-state index contributed by atoms with van der Waals surface area (Å²) in [4.78, 5) is 12.4. The van der Waals surface area contributed by atoms with Crippen molar-refractivity contribution in [2.45, 2.75) is 32.0 Å². The van der Waals surface area contributed by atoms with Gasteiger partial charge in [0.25, 0.3) is 0 Å². The molecule has 0 aliphatic rings. The lowest BCUT2D eigenvalue weighted by Crippen LogP contribution is -2.28. The summed E-state index contributed by atoms with van der Waals surface area (Å²) in [6.45, 7) is 5.82. The van der Waals surface area contributed by atoms with Gasteiger partial charge in [0.2, 0.25) is 5.91 Å². The Labute approximate surface area is 178 Å². The molecule has 28 heavy (non-hydrogen) atoms. The number of aryl methyl sites for hydroxylation is 2. The molecule has 0 aliphatic carbocycles. The lowest BCUT2D eigenvalue weighted by molar-refractivity contribution is -0.119. The fraction of sp³-hybridized carbons (Fsp3) is 0.250. The summed E-state index contributed by atoms with van der Waals surface area (Å²) in [5.74, 6) is 0.888. The molecule has 1 amide bonds. The van der Waals surface area contributed by atoms with Crippen molar-refractivity contribution >= 4 is 40.9 Å². The number of carbonyl (C=O) groups is 1. The van der Waals surface area contributed by atoms with Crippen LogP contribution in [-0.4, -0.2) is 26.4 Å². The molecule has 1 aromatic heterocycles. The van der Waals surface area contributed by atoms with Crippen LogP contribution < -0.4 is 5.32 Å². The second kappa shape index (κ2) is 8.99. The highest BCUT2D eigenvalue weighted by Crippen LogP contribution is 2.27. The summed E-state index contributed by atoms with van der Waals surface area (Å²) < 4.78 is 1.97.